The van der Waals surface area contributed by atoms with Gasteiger partial charge < -0.3 is 13.9 Å². The van der Waals surface area contributed by atoms with Crippen LogP contribution in [-0.2, 0) is 9.09 Å². The van der Waals surface area contributed by atoms with Crippen molar-refractivity contribution in [1.82, 2.24) is 0 Å². The summed E-state index contributed by atoms with van der Waals surface area (Å²) in [7, 11) is 2.33. The van der Waals surface area contributed by atoms with E-state index in [1.807, 2.05) is 28.1 Å². The molecule has 1 N–H and O–H groups in total. The van der Waals surface area contributed by atoms with E-state index in [9.17, 15) is 9.46 Å². The highest BCUT2D eigenvalue weighted by atomic mass is 31.2. The average Bonchev–Trinajstić information content (AvgIpc) is 2.61. The van der Waals surface area contributed by atoms with E-state index in [2.05, 4.69) is 19.1 Å². The van der Waals surface area contributed by atoms with Crippen molar-refractivity contribution in [1.29, 1.82) is 0 Å². The zero-order chi connectivity index (χ0) is 21.3. The van der Waals surface area contributed by atoms with E-state index < -0.39 is 7.60 Å². The van der Waals surface area contributed by atoms with Gasteiger partial charge in [0.1, 0.15) is 0 Å². The van der Waals surface area contributed by atoms with Crippen molar-refractivity contribution in [2.75, 3.05) is 27.7 Å². The third kappa shape index (κ3) is 14.8. The quantitative estimate of drug-likeness (QED) is 0.104. The molecule has 0 aliphatic heterocycles. The van der Waals surface area contributed by atoms with Gasteiger partial charge >= 0.3 is 7.60 Å². The Morgan fingerprint density at radius 1 is 0.821 bits per heavy atom. The molecule has 0 bridgehead atoms. The van der Waals surface area contributed by atoms with Crippen molar-refractivity contribution in [3.05, 3.63) is 12.2 Å². The van der Waals surface area contributed by atoms with Crippen molar-refractivity contribution in [2.45, 2.75) is 110 Å². The van der Waals surface area contributed by atoms with Crippen LogP contribution in [0.15, 0.2) is 12.2 Å². The van der Waals surface area contributed by atoms with E-state index in [-0.39, 0.29) is 5.78 Å². The third-order valence-corrected chi connectivity index (χ3v) is 7.51. The molecule has 168 valence electrons. The second kappa shape index (κ2) is 16.6. The molecule has 0 saturated heterocycles. The Morgan fingerprint density at radius 3 is 1.82 bits per heavy atom. The van der Waals surface area contributed by atoms with Crippen LogP contribution in [0.25, 0.3) is 0 Å². The van der Waals surface area contributed by atoms with E-state index in [4.69, 9.17) is 4.52 Å². The first kappa shape index (κ1) is 27.8. The van der Waals surface area contributed by atoms with Gasteiger partial charge in [0, 0.05) is 6.42 Å². The van der Waals surface area contributed by atoms with Crippen LogP contribution in [0, 0.1) is 0 Å². The first-order valence-electron chi connectivity index (χ1n) is 11.7. The van der Waals surface area contributed by atoms with Crippen molar-refractivity contribution < 1.29 is 18.5 Å². The summed E-state index contributed by atoms with van der Waals surface area (Å²) in [6.07, 6.45) is 21.1. The van der Waals surface area contributed by atoms with Crippen LogP contribution >= 0.6 is 7.60 Å². The summed E-state index contributed by atoms with van der Waals surface area (Å²) in [5.41, 5.74) is 0. The lowest BCUT2D eigenvalue weighted by atomic mass is 10.1. The monoisotopic (exact) mass is 418 g/mol. The van der Waals surface area contributed by atoms with Gasteiger partial charge in [0.15, 0.2) is 5.78 Å². The summed E-state index contributed by atoms with van der Waals surface area (Å²) in [5, 5.41) is 0. The molecular formula is C23H49NO3P+. The standard InChI is InChI=1S/C23H48NO3P/c1-6-8-9-10-11-12-13-14-15-16-17-18-19-20-22-27-28(25,26)23(21-7-2)24(3,4)5/h13-14,23H,6-12,15-22H2,1-5H3/p+1. The molecule has 0 radical (unpaired) electrons. The second-order valence-corrected chi connectivity index (χ2v) is 11.0. The van der Waals surface area contributed by atoms with Crippen molar-refractivity contribution in [2.24, 2.45) is 0 Å². The Hall–Kier alpha value is -0.150. The summed E-state index contributed by atoms with van der Waals surface area (Å²) >= 11 is 0. The van der Waals surface area contributed by atoms with E-state index >= 15 is 0 Å². The molecule has 4 nitrogen and oxygen atoms in total. The van der Waals surface area contributed by atoms with Crippen LogP contribution in [-0.4, -0.2) is 42.9 Å². The van der Waals surface area contributed by atoms with Gasteiger partial charge in [-0.25, -0.2) is 0 Å². The summed E-state index contributed by atoms with van der Waals surface area (Å²) in [5.74, 6) is -0.337. The number of hydrogen-bond acceptors (Lipinski definition) is 2. The van der Waals surface area contributed by atoms with Crippen LogP contribution in [0.2, 0.25) is 0 Å². The zero-order valence-electron chi connectivity index (χ0n) is 19.5. The predicted octanol–water partition coefficient (Wildman–Crippen LogP) is 7.28. The molecule has 0 aromatic carbocycles. The minimum atomic E-state index is -3.56. The molecule has 0 heterocycles. The first-order valence-corrected chi connectivity index (χ1v) is 13.3. The predicted molar refractivity (Wildman–Crippen MR) is 123 cm³/mol. The molecule has 0 aromatic rings. The van der Waals surface area contributed by atoms with Gasteiger partial charge in [-0.15, -0.1) is 0 Å². The molecule has 0 fully saturated rings. The fourth-order valence-electron chi connectivity index (χ4n) is 3.52. The zero-order valence-corrected chi connectivity index (χ0v) is 20.4. The number of allylic oxidation sites excluding steroid dienone is 2. The van der Waals surface area contributed by atoms with Gasteiger partial charge in [-0.1, -0.05) is 70.9 Å². The van der Waals surface area contributed by atoms with Gasteiger partial charge in [0.25, 0.3) is 0 Å². The molecule has 0 aromatic heterocycles. The van der Waals surface area contributed by atoms with Crippen LogP contribution in [0.1, 0.15) is 104 Å². The van der Waals surface area contributed by atoms with Crippen LogP contribution < -0.4 is 0 Å². The Bertz CT molecular complexity index is 432. The van der Waals surface area contributed by atoms with E-state index in [0.29, 0.717) is 17.5 Å². The fraction of sp³-hybridized carbons (Fsp3) is 0.913. The van der Waals surface area contributed by atoms with Crippen LogP contribution in [0.5, 0.6) is 0 Å². The minimum absolute atomic E-state index is 0.337. The lowest BCUT2D eigenvalue weighted by molar-refractivity contribution is -0.883. The Kier molecular flexibility index (Phi) is 16.5. The maximum absolute atomic E-state index is 12.6. The van der Waals surface area contributed by atoms with Crippen LogP contribution in [0.3, 0.4) is 0 Å². The van der Waals surface area contributed by atoms with Gasteiger partial charge in [-0.2, -0.15) is 0 Å². The summed E-state index contributed by atoms with van der Waals surface area (Å²) in [6, 6.07) is 0. The van der Waals surface area contributed by atoms with Crippen molar-refractivity contribution >= 4 is 7.60 Å². The Labute approximate surface area is 175 Å². The molecule has 5 heteroatoms. The van der Waals surface area contributed by atoms with Gasteiger partial charge in [0.2, 0.25) is 0 Å². The number of unbranched alkanes of at least 4 members (excludes halogenated alkanes) is 10. The number of hydrogen-bond donors (Lipinski definition) is 1. The maximum atomic E-state index is 12.6. The molecule has 2 atom stereocenters. The minimum Gasteiger partial charge on any atom is -0.320 e. The topological polar surface area (TPSA) is 46.5 Å². The summed E-state index contributed by atoms with van der Waals surface area (Å²) < 4.78 is 18.5. The number of rotatable bonds is 19. The Morgan fingerprint density at radius 2 is 1.32 bits per heavy atom. The molecule has 0 aliphatic carbocycles. The highest BCUT2D eigenvalue weighted by Crippen LogP contribution is 2.51. The lowest BCUT2D eigenvalue weighted by Gasteiger charge is -2.35. The van der Waals surface area contributed by atoms with Crippen molar-refractivity contribution in [3.63, 3.8) is 0 Å². The molecule has 0 amide bonds. The molecule has 0 saturated carbocycles. The maximum Gasteiger partial charge on any atom is 0.385 e. The van der Waals surface area contributed by atoms with Crippen molar-refractivity contribution in [3.8, 4) is 0 Å². The summed E-state index contributed by atoms with van der Waals surface area (Å²) in [4.78, 5) is 10.4. The summed E-state index contributed by atoms with van der Waals surface area (Å²) in [6.45, 7) is 4.70. The molecule has 0 rings (SSSR count). The molecular weight excluding hydrogens is 369 g/mol. The van der Waals surface area contributed by atoms with Gasteiger partial charge in [-0.3, -0.25) is 4.57 Å². The molecule has 0 spiro atoms. The van der Waals surface area contributed by atoms with Gasteiger partial charge in [0.05, 0.1) is 27.7 Å². The van der Waals surface area contributed by atoms with E-state index in [0.717, 1.165) is 19.3 Å². The van der Waals surface area contributed by atoms with Gasteiger partial charge in [-0.05, 0) is 38.5 Å². The first-order chi connectivity index (χ1) is 13.3. The highest BCUT2D eigenvalue weighted by Gasteiger charge is 2.41. The van der Waals surface area contributed by atoms with E-state index in [1.54, 1.807) is 0 Å². The highest BCUT2D eigenvalue weighted by molar-refractivity contribution is 7.53. The Balaban J connectivity index is 3.69. The average molecular weight is 419 g/mol. The largest absolute Gasteiger partial charge is 0.385 e. The molecule has 0 aliphatic rings. The van der Waals surface area contributed by atoms with E-state index in [1.165, 1.54) is 64.2 Å². The normalized spacial score (nSPS) is 15.8. The lowest BCUT2D eigenvalue weighted by Crippen LogP contribution is -2.45. The molecule has 2 unspecified atom stereocenters. The second-order valence-electron chi connectivity index (χ2n) is 9.01. The smallest absolute Gasteiger partial charge is 0.320 e. The SMILES string of the molecule is CCCCCCCC=CCCCCCCCOP(=O)(O)C(CCC)[N+](C)(C)C. The van der Waals surface area contributed by atoms with Crippen LogP contribution in [0.4, 0.5) is 0 Å². The number of nitrogens with zero attached hydrogens (tertiary/aromatic N) is 1. The third-order valence-electron chi connectivity index (χ3n) is 5.25. The number of quaternary nitrogens is 1. The molecule has 28 heavy (non-hydrogen) atoms. The fourth-order valence-corrected chi connectivity index (χ4v) is 5.55.